The monoisotopic (exact) mass is 332 g/mol. The second-order valence-corrected chi connectivity index (χ2v) is 6.69. The van der Waals surface area contributed by atoms with E-state index >= 15 is 0 Å². The lowest BCUT2D eigenvalue weighted by atomic mass is 10.0. The molecule has 1 amide bonds. The van der Waals surface area contributed by atoms with Gasteiger partial charge < -0.3 is 14.4 Å². The normalized spacial score (nSPS) is 24.6. The van der Waals surface area contributed by atoms with Gasteiger partial charge in [-0.25, -0.2) is 0 Å². The van der Waals surface area contributed by atoms with Crippen molar-refractivity contribution in [3.63, 3.8) is 0 Å². The summed E-state index contributed by atoms with van der Waals surface area (Å²) in [5, 5.41) is 0. The molecule has 0 saturated carbocycles. The molecular weight excluding hydrogens is 304 g/mol. The van der Waals surface area contributed by atoms with Crippen LogP contribution in [0.5, 0.6) is 0 Å². The third-order valence-electron chi connectivity index (χ3n) is 4.93. The van der Waals surface area contributed by atoms with Gasteiger partial charge in [-0.05, 0) is 12.0 Å². The molecule has 0 aliphatic carbocycles. The van der Waals surface area contributed by atoms with Crippen molar-refractivity contribution >= 4 is 5.91 Å². The highest BCUT2D eigenvalue weighted by Gasteiger charge is 2.36. The largest absolute Gasteiger partial charge is 0.378 e. The quantitative estimate of drug-likeness (QED) is 0.798. The van der Waals surface area contributed by atoms with E-state index in [1.165, 1.54) is 12.8 Å². The average molecular weight is 332 g/mol. The molecule has 2 fully saturated rings. The summed E-state index contributed by atoms with van der Waals surface area (Å²) in [5.41, 5.74) is 1.10. The first-order valence-corrected chi connectivity index (χ1v) is 9.01. The van der Waals surface area contributed by atoms with Gasteiger partial charge in [-0.3, -0.25) is 9.69 Å². The number of nitrogens with zero attached hydrogens (tertiary/aromatic N) is 2. The summed E-state index contributed by atoms with van der Waals surface area (Å²) in [6, 6.07) is 10.8. The van der Waals surface area contributed by atoms with Crippen LogP contribution in [0.1, 0.15) is 25.3 Å². The lowest BCUT2D eigenvalue weighted by molar-refractivity contribution is -0.145. The summed E-state index contributed by atoms with van der Waals surface area (Å²) in [6.45, 7) is 6.92. The van der Waals surface area contributed by atoms with E-state index in [4.69, 9.17) is 9.47 Å². The molecule has 2 aliphatic heterocycles. The summed E-state index contributed by atoms with van der Waals surface area (Å²) in [5.74, 6) is 0.0863. The van der Waals surface area contributed by atoms with Crippen molar-refractivity contribution in [2.75, 3.05) is 39.5 Å². The highest BCUT2D eigenvalue weighted by atomic mass is 16.5. The van der Waals surface area contributed by atoms with Crippen LogP contribution in [0.2, 0.25) is 0 Å². The Hall–Kier alpha value is -1.43. The summed E-state index contributed by atoms with van der Waals surface area (Å²) in [6.07, 6.45) is 2.35. The van der Waals surface area contributed by atoms with Crippen LogP contribution in [0.15, 0.2) is 30.3 Å². The first kappa shape index (κ1) is 17.4. The predicted octanol–water partition coefficient (Wildman–Crippen LogP) is 1.91. The fourth-order valence-corrected chi connectivity index (χ4v) is 3.66. The van der Waals surface area contributed by atoms with E-state index in [-0.39, 0.29) is 12.5 Å². The zero-order chi connectivity index (χ0) is 16.8. The van der Waals surface area contributed by atoms with Gasteiger partial charge in [-0.15, -0.1) is 0 Å². The SMILES string of the molecule is CCC[C@H]1COC[C@H]2CN(C(=O)COCc3ccccc3)CCN12. The molecule has 0 aromatic heterocycles. The Morgan fingerprint density at radius 1 is 1.25 bits per heavy atom. The first-order valence-electron chi connectivity index (χ1n) is 9.01. The molecule has 2 heterocycles. The molecule has 3 rings (SSSR count). The van der Waals surface area contributed by atoms with Crippen molar-refractivity contribution in [1.82, 2.24) is 9.80 Å². The molecule has 0 unspecified atom stereocenters. The van der Waals surface area contributed by atoms with Crippen molar-refractivity contribution in [3.05, 3.63) is 35.9 Å². The molecule has 0 N–H and O–H groups in total. The molecule has 24 heavy (non-hydrogen) atoms. The second kappa shape index (κ2) is 8.60. The number of carbonyl (C=O) groups excluding carboxylic acids is 1. The molecule has 5 heteroatoms. The fraction of sp³-hybridized carbons (Fsp3) is 0.632. The Morgan fingerprint density at radius 3 is 2.88 bits per heavy atom. The maximum Gasteiger partial charge on any atom is 0.248 e. The Morgan fingerprint density at radius 2 is 2.08 bits per heavy atom. The summed E-state index contributed by atoms with van der Waals surface area (Å²) < 4.78 is 11.4. The van der Waals surface area contributed by atoms with Crippen molar-refractivity contribution in [2.24, 2.45) is 0 Å². The molecule has 1 aromatic carbocycles. The minimum Gasteiger partial charge on any atom is -0.378 e. The second-order valence-electron chi connectivity index (χ2n) is 6.69. The molecule has 0 spiro atoms. The molecule has 0 radical (unpaired) electrons. The molecule has 1 aromatic rings. The van der Waals surface area contributed by atoms with Gasteiger partial charge in [-0.1, -0.05) is 43.7 Å². The number of fused-ring (bicyclic) bond motifs is 1. The van der Waals surface area contributed by atoms with Crippen LogP contribution in [0.3, 0.4) is 0 Å². The van der Waals surface area contributed by atoms with Gasteiger partial charge in [0.25, 0.3) is 0 Å². The predicted molar refractivity (Wildman–Crippen MR) is 92.7 cm³/mol. The van der Waals surface area contributed by atoms with Crippen LogP contribution in [0.25, 0.3) is 0 Å². The Bertz CT molecular complexity index is 521. The number of rotatable bonds is 6. The van der Waals surface area contributed by atoms with Gasteiger partial charge in [0.2, 0.25) is 5.91 Å². The third-order valence-corrected chi connectivity index (χ3v) is 4.93. The number of morpholine rings is 1. The Labute approximate surface area is 144 Å². The lowest BCUT2D eigenvalue weighted by Crippen LogP contribution is -2.62. The number of carbonyl (C=O) groups is 1. The highest BCUT2D eigenvalue weighted by molar-refractivity contribution is 5.77. The zero-order valence-corrected chi connectivity index (χ0v) is 14.5. The number of piperazine rings is 1. The molecule has 132 valence electrons. The highest BCUT2D eigenvalue weighted by Crippen LogP contribution is 2.21. The van der Waals surface area contributed by atoms with Crippen LogP contribution in [-0.2, 0) is 20.9 Å². The lowest BCUT2D eigenvalue weighted by Gasteiger charge is -2.48. The minimum absolute atomic E-state index is 0.0863. The molecular formula is C19H28N2O3. The van der Waals surface area contributed by atoms with Crippen LogP contribution in [0, 0.1) is 0 Å². The van der Waals surface area contributed by atoms with Crippen molar-refractivity contribution in [1.29, 1.82) is 0 Å². The zero-order valence-electron chi connectivity index (χ0n) is 14.5. The van der Waals surface area contributed by atoms with E-state index in [0.29, 0.717) is 18.7 Å². The molecule has 2 atom stereocenters. The summed E-state index contributed by atoms with van der Waals surface area (Å²) in [7, 11) is 0. The molecule has 5 nitrogen and oxygen atoms in total. The summed E-state index contributed by atoms with van der Waals surface area (Å²) in [4.78, 5) is 16.9. The van der Waals surface area contributed by atoms with Gasteiger partial charge in [0.1, 0.15) is 6.61 Å². The summed E-state index contributed by atoms with van der Waals surface area (Å²) >= 11 is 0. The Kier molecular flexibility index (Phi) is 6.24. The maximum absolute atomic E-state index is 12.4. The van der Waals surface area contributed by atoms with E-state index in [9.17, 15) is 4.79 Å². The van der Waals surface area contributed by atoms with Gasteiger partial charge in [0.05, 0.1) is 25.9 Å². The fourth-order valence-electron chi connectivity index (χ4n) is 3.66. The number of amides is 1. The topological polar surface area (TPSA) is 42.0 Å². The van der Waals surface area contributed by atoms with E-state index in [1.807, 2.05) is 35.2 Å². The average Bonchev–Trinajstić information content (AvgIpc) is 2.62. The van der Waals surface area contributed by atoms with Gasteiger partial charge >= 0.3 is 0 Å². The van der Waals surface area contributed by atoms with Crippen LogP contribution in [-0.4, -0.2) is 67.2 Å². The van der Waals surface area contributed by atoms with Crippen molar-refractivity contribution in [2.45, 2.75) is 38.5 Å². The van der Waals surface area contributed by atoms with Crippen molar-refractivity contribution < 1.29 is 14.3 Å². The standard InChI is InChI=1S/C19H28N2O3/c1-2-6-17-13-24-14-18-11-20(9-10-21(17)18)19(22)15-23-12-16-7-4-3-5-8-16/h3-5,7-8,17-18H,2,6,9-15H2,1H3/t17-,18+/m0/s1. The number of hydrogen-bond donors (Lipinski definition) is 0. The van der Waals surface area contributed by atoms with E-state index in [2.05, 4.69) is 11.8 Å². The molecule has 2 saturated heterocycles. The van der Waals surface area contributed by atoms with Gasteiger partial charge in [0, 0.05) is 25.7 Å². The van der Waals surface area contributed by atoms with Crippen molar-refractivity contribution in [3.8, 4) is 0 Å². The third kappa shape index (κ3) is 4.35. The van der Waals surface area contributed by atoms with Crippen LogP contribution < -0.4 is 0 Å². The smallest absolute Gasteiger partial charge is 0.248 e. The molecule has 2 aliphatic rings. The number of hydrogen-bond acceptors (Lipinski definition) is 4. The Balaban J connectivity index is 1.45. The van der Waals surface area contributed by atoms with Gasteiger partial charge in [0.15, 0.2) is 0 Å². The maximum atomic E-state index is 12.4. The number of benzene rings is 1. The first-order chi connectivity index (χ1) is 11.8. The van der Waals surface area contributed by atoms with E-state index in [1.54, 1.807) is 0 Å². The minimum atomic E-state index is 0.0863. The van der Waals surface area contributed by atoms with Crippen LogP contribution in [0.4, 0.5) is 0 Å². The van der Waals surface area contributed by atoms with Gasteiger partial charge in [-0.2, -0.15) is 0 Å². The number of ether oxygens (including phenoxy) is 2. The van der Waals surface area contributed by atoms with Crippen LogP contribution >= 0.6 is 0 Å². The molecule has 0 bridgehead atoms. The van der Waals surface area contributed by atoms with E-state index in [0.717, 1.165) is 38.4 Å². The van der Waals surface area contributed by atoms with E-state index < -0.39 is 0 Å².